The highest BCUT2D eigenvalue weighted by Gasteiger charge is 2.35. The number of fused-ring (bicyclic) bond motifs is 4. The van der Waals surface area contributed by atoms with Gasteiger partial charge in [0.1, 0.15) is 11.3 Å². The molecule has 0 saturated carbocycles. The van der Waals surface area contributed by atoms with Crippen molar-refractivity contribution >= 4 is 43.8 Å². The van der Waals surface area contributed by atoms with Gasteiger partial charge in [0.15, 0.2) is 11.4 Å². The predicted octanol–water partition coefficient (Wildman–Crippen LogP) is 10.3. The fourth-order valence-electron chi connectivity index (χ4n) is 7.58. The van der Waals surface area contributed by atoms with E-state index >= 15 is 0 Å². The zero-order valence-corrected chi connectivity index (χ0v) is 29.0. The third-order valence-electron chi connectivity index (χ3n) is 9.95. The Bertz CT molecular complexity index is 3150. The average Bonchev–Trinajstić information content (AvgIpc) is 4.03. The summed E-state index contributed by atoms with van der Waals surface area (Å²) in [7, 11) is 0. The highest BCUT2D eigenvalue weighted by Crippen LogP contribution is 2.55. The molecule has 55 heavy (non-hydrogen) atoms. The van der Waals surface area contributed by atoms with Gasteiger partial charge in [-0.15, -0.1) is 0 Å². The summed E-state index contributed by atoms with van der Waals surface area (Å²) in [4.78, 5) is 34.4. The molecule has 0 unspecified atom stereocenters. The number of aromatic amines is 2. The molecule has 6 aromatic heterocycles. The molecule has 0 aliphatic rings. The van der Waals surface area contributed by atoms with Gasteiger partial charge in [-0.3, -0.25) is 10.1 Å². The average molecular weight is 710 g/mol. The first-order valence-electron chi connectivity index (χ1n) is 17.8. The van der Waals surface area contributed by atoms with Crippen LogP contribution in [0, 0.1) is 0 Å². The first-order valence-corrected chi connectivity index (χ1v) is 17.8. The summed E-state index contributed by atoms with van der Waals surface area (Å²) < 4.78 is 6.73. The largest absolute Gasteiger partial charge is 0.436 e. The van der Waals surface area contributed by atoms with E-state index in [-0.39, 0.29) is 0 Å². The highest BCUT2D eigenvalue weighted by atomic mass is 16.3. The number of H-pyrrole nitrogens is 2. The molecule has 0 amide bonds. The molecule has 0 atom stereocenters. The number of aromatic nitrogens is 9. The monoisotopic (exact) mass is 709 g/mol. The second-order valence-electron chi connectivity index (χ2n) is 13.1. The van der Waals surface area contributed by atoms with Crippen molar-refractivity contribution in [2.24, 2.45) is 0 Å². The second kappa shape index (κ2) is 12.4. The summed E-state index contributed by atoms with van der Waals surface area (Å²) in [5.41, 5.74) is 10.2. The van der Waals surface area contributed by atoms with Crippen molar-refractivity contribution in [3.8, 4) is 68.0 Å². The van der Waals surface area contributed by atoms with Gasteiger partial charge < -0.3 is 9.40 Å². The highest BCUT2D eigenvalue weighted by molar-refractivity contribution is 6.15. The van der Waals surface area contributed by atoms with Gasteiger partial charge in [-0.1, -0.05) is 72.8 Å². The van der Waals surface area contributed by atoms with Crippen LogP contribution in [-0.2, 0) is 0 Å². The van der Waals surface area contributed by atoms with Crippen molar-refractivity contribution in [3.05, 3.63) is 152 Å². The van der Waals surface area contributed by atoms with E-state index in [1.807, 2.05) is 103 Å². The number of oxazole rings is 1. The number of nitrogens with zero attached hydrogens (tertiary/aromatic N) is 7. The summed E-state index contributed by atoms with van der Waals surface area (Å²) in [6.45, 7) is 0. The molecule has 0 radical (unpaired) electrons. The maximum atomic E-state index is 6.73. The summed E-state index contributed by atoms with van der Waals surface area (Å²) in [5.74, 6) is 1.42. The molecule has 11 aromatic rings. The van der Waals surface area contributed by atoms with Crippen LogP contribution in [0.4, 0.5) is 0 Å². The minimum absolute atomic E-state index is 0.371. The molecule has 0 saturated heterocycles. The Kier molecular flexibility index (Phi) is 6.92. The van der Waals surface area contributed by atoms with Crippen LogP contribution < -0.4 is 0 Å². The van der Waals surface area contributed by atoms with Crippen molar-refractivity contribution < 1.29 is 4.42 Å². The number of imidazole rings is 1. The molecule has 0 spiro atoms. The summed E-state index contributed by atoms with van der Waals surface area (Å²) in [6, 6.07) is 42.0. The van der Waals surface area contributed by atoms with Crippen LogP contribution in [0.15, 0.2) is 157 Å². The van der Waals surface area contributed by atoms with Gasteiger partial charge in [-0.25, -0.2) is 24.9 Å². The lowest BCUT2D eigenvalue weighted by atomic mass is 9.80. The fraction of sp³-hybridized carbons (Fsp3) is 0. The van der Waals surface area contributed by atoms with Crippen molar-refractivity contribution in [2.45, 2.75) is 0 Å². The predicted molar refractivity (Wildman–Crippen MR) is 215 cm³/mol. The molecular weight excluding hydrogens is 683 g/mol. The molecule has 10 heteroatoms. The van der Waals surface area contributed by atoms with Gasteiger partial charge in [-0.05, 0) is 60.0 Å². The van der Waals surface area contributed by atoms with E-state index in [0.717, 1.165) is 55.1 Å². The Morgan fingerprint density at radius 3 is 2.07 bits per heavy atom. The lowest BCUT2D eigenvalue weighted by Gasteiger charge is -2.24. The Morgan fingerprint density at radius 2 is 1.24 bits per heavy atom. The van der Waals surface area contributed by atoms with Crippen molar-refractivity contribution in [1.29, 1.82) is 0 Å². The number of nitrogens with one attached hydrogen (secondary N) is 2. The summed E-state index contributed by atoms with van der Waals surface area (Å²) >= 11 is 0. The van der Waals surface area contributed by atoms with Gasteiger partial charge >= 0.3 is 0 Å². The third-order valence-corrected chi connectivity index (χ3v) is 9.95. The molecule has 5 aromatic carbocycles. The van der Waals surface area contributed by atoms with E-state index in [0.29, 0.717) is 56.7 Å². The normalized spacial score (nSPS) is 11.6. The number of benzene rings is 5. The van der Waals surface area contributed by atoms with Gasteiger partial charge in [0.25, 0.3) is 0 Å². The summed E-state index contributed by atoms with van der Waals surface area (Å²) in [5, 5.41) is 10.9. The van der Waals surface area contributed by atoms with Crippen LogP contribution >= 0.6 is 0 Å². The maximum Gasteiger partial charge on any atom is 0.228 e. The molecule has 258 valence electrons. The third kappa shape index (κ3) is 5.00. The molecule has 0 aliphatic heterocycles. The van der Waals surface area contributed by atoms with Crippen molar-refractivity contribution in [2.75, 3.05) is 0 Å². The van der Waals surface area contributed by atoms with E-state index in [1.165, 1.54) is 0 Å². The van der Waals surface area contributed by atoms with Crippen molar-refractivity contribution in [1.82, 2.24) is 45.1 Å². The lowest BCUT2D eigenvalue weighted by molar-refractivity contribution is 0.620. The summed E-state index contributed by atoms with van der Waals surface area (Å²) in [6.07, 6.45) is 7.13. The van der Waals surface area contributed by atoms with Crippen LogP contribution in [0.25, 0.3) is 112 Å². The van der Waals surface area contributed by atoms with E-state index in [4.69, 9.17) is 39.4 Å². The van der Waals surface area contributed by atoms with E-state index in [1.54, 1.807) is 18.5 Å². The van der Waals surface area contributed by atoms with Crippen LogP contribution in [0.3, 0.4) is 0 Å². The lowest BCUT2D eigenvalue weighted by Crippen LogP contribution is -2.06. The second-order valence-corrected chi connectivity index (χ2v) is 13.1. The van der Waals surface area contributed by atoms with E-state index < -0.39 is 0 Å². The molecule has 0 bridgehead atoms. The Labute approximate surface area is 312 Å². The SMILES string of the molecule is c1cnc(-c2c(-c3cc[nH]n3)c(-c3ccc4ccccc4n3)c(-c3nccc4ccccc34)c(-c3nc4ccccc4[nH]3)c2-c2nc3ccccc3o2)nc1. The molecule has 10 nitrogen and oxygen atoms in total. The Hall–Kier alpha value is -7.85. The quantitative estimate of drug-likeness (QED) is 0.174. The van der Waals surface area contributed by atoms with Crippen LogP contribution in [0.5, 0.6) is 0 Å². The first-order chi connectivity index (χ1) is 27.3. The van der Waals surface area contributed by atoms with Gasteiger partial charge in [0, 0.05) is 63.4 Å². The number of hydrogen-bond donors (Lipinski definition) is 2. The van der Waals surface area contributed by atoms with E-state index in [2.05, 4.69) is 40.4 Å². The van der Waals surface area contributed by atoms with Crippen LogP contribution in [-0.4, -0.2) is 45.1 Å². The number of para-hydroxylation sites is 5. The topological polar surface area (TPSA) is 135 Å². The zero-order valence-electron chi connectivity index (χ0n) is 29.0. The first kappa shape index (κ1) is 30.7. The number of hydrogen-bond acceptors (Lipinski definition) is 8. The molecule has 11 rings (SSSR count). The smallest absolute Gasteiger partial charge is 0.228 e. The molecule has 2 N–H and O–H groups in total. The van der Waals surface area contributed by atoms with Crippen LogP contribution in [0.2, 0.25) is 0 Å². The standard InChI is InChI=1S/C45H27N9O/c1-3-12-28-26(10-1)20-24-46-42(28)38-36(33-19-18-27-11-2-4-13-29(27)50-33)37(34-21-25-49-54-34)39(43-47-22-9-23-48-43)41(45-53-32-16-7-8-17-35(32)55-45)40(38)44-51-30-14-5-6-15-31(30)52-44/h1-25H,(H,49,54)(H,51,52). The molecular formula is C45H27N9O. The van der Waals surface area contributed by atoms with Gasteiger partial charge in [-0.2, -0.15) is 5.10 Å². The minimum atomic E-state index is 0.371. The maximum absolute atomic E-state index is 6.73. The Morgan fingerprint density at radius 1 is 0.473 bits per heavy atom. The molecule has 6 heterocycles. The van der Waals surface area contributed by atoms with Crippen molar-refractivity contribution in [3.63, 3.8) is 0 Å². The molecule has 0 aliphatic carbocycles. The minimum Gasteiger partial charge on any atom is -0.436 e. The number of rotatable bonds is 6. The fourth-order valence-corrected chi connectivity index (χ4v) is 7.58. The van der Waals surface area contributed by atoms with Gasteiger partial charge in [0.05, 0.1) is 39.2 Å². The Balaban J connectivity index is 1.44. The molecule has 0 fully saturated rings. The van der Waals surface area contributed by atoms with Gasteiger partial charge in [0.2, 0.25) is 5.89 Å². The van der Waals surface area contributed by atoms with Crippen LogP contribution in [0.1, 0.15) is 0 Å². The zero-order chi connectivity index (χ0) is 36.3. The van der Waals surface area contributed by atoms with E-state index in [9.17, 15) is 0 Å². The number of pyridine rings is 2.